The van der Waals surface area contributed by atoms with E-state index in [4.69, 9.17) is 0 Å². The van der Waals surface area contributed by atoms with E-state index in [9.17, 15) is 14.0 Å². The second kappa shape index (κ2) is 8.08. The molecule has 0 fully saturated rings. The minimum Gasteiger partial charge on any atom is -0.324 e. The van der Waals surface area contributed by atoms with Crippen molar-refractivity contribution >= 4 is 49.4 Å². The van der Waals surface area contributed by atoms with Crippen LogP contribution in [0.4, 0.5) is 10.1 Å². The molecule has 1 aliphatic heterocycles. The van der Waals surface area contributed by atoms with Gasteiger partial charge < -0.3 is 10.2 Å². The average molecular weight is 518 g/mol. The minimum atomic E-state index is -0.557. The first-order valence-corrected chi connectivity index (χ1v) is 10.4. The van der Waals surface area contributed by atoms with Gasteiger partial charge in [0.05, 0.1) is 6.04 Å². The second-order valence-corrected chi connectivity index (χ2v) is 8.51. The largest absolute Gasteiger partial charge is 0.324 e. The van der Waals surface area contributed by atoms with Crippen LogP contribution >= 0.6 is 31.9 Å². The van der Waals surface area contributed by atoms with Gasteiger partial charge >= 0.3 is 0 Å². The highest BCUT2D eigenvalue weighted by atomic mass is 79.9. The highest BCUT2D eigenvalue weighted by Gasteiger charge is 2.34. The number of benzene rings is 3. The van der Waals surface area contributed by atoms with Crippen molar-refractivity contribution in [3.05, 3.63) is 98.2 Å². The molecule has 2 amide bonds. The molecule has 0 saturated heterocycles. The lowest BCUT2D eigenvalue weighted by Gasteiger charge is -2.30. The van der Waals surface area contributed by atoms with Crippen molar-refractivity contribution in [2.75, 3.05) is 11.9 Å². The Kier molecular flexibility index (Phi) is 5.52. The molecule has 3 aromatic rings. The summed E-state index contributed by atoms with van der Waals surface area (Å²) in [5, 5.41) is 2.87. The molecule has 0 spiro atoms. The molecule has 0 bridgehead atoms. The van der Waals surface area contributed by atoms with Gasteiger partial charge in [0.15, 0.2) is 0 Å². The number of amides is 2. The van der Waals surface area contributed by atoms with Crippen LogP contribution in [-0.4, -0.2) is 23.3 Å². The van der Waals surface area contributed by atoms with Crippen LogP contribution in [0, 0.1) is 5.82 Å². The number of fused-ring (bicyclic) bond motifs is 1. The summed E-state index contributed by atoms with van der Waals surface area (Å²) >= 11 is 6.84. The molecule has 1 N–H and O–H groups in total. The zero-order chi connectivity index (χ0) is 20.5. The highest BCUT2D eigenvalue weighted by molar-refractivity contribution is 9.10. The van der Waals surface area contributed by atoms with Crippen molar-refractivity contribution in [1.29, 1.82) is 0 Å². The predicted octanol–water partition coefficient (Wildman–Crippen LogP) is 5.53. The summed E-state index contributed by atoms with van der Waals surface area (Å²) < 4.78 is 15.2. The van der Waals surface area contributed by atoms with E-state index in [1.54, 1.807) is 42.5 Å². The lowest BCUT2D eigenvalue weighted by molar-refractivity contribution is -0.117. The van der Waals surface area contributed by atoms with Crippen LogP contribution in [-0.2, 0) is 4.79 Å². The van der Waals surface area contributed by atoms with E-state index >= 15 is 0 Å². The standard InChI is InChI=1S/C22H15Br2FN2O2/c23-15-5-1-14(2-6-15)22(29)27-12-20(28)26-19-10-7-16(24)11-18(19)21(27)13-3-8-17(25)9-4-13/h1-11,21H,12H2,(H,26,28). The summed E-state index contributed by atoms with van der Waals surface area (Å²) in [6.07, 6.45) is 0. The van der Waals surface area contributed by atoms with E-state index in [-0.39, 0.29) is 24.2 Å². The van der Waals surface area contributed by atoms with E-state index in [2.05, 4.69) is 37.2 Å². The van der Waals surface area contributed by atoms with Crippen molar-refractivity contribution in [1.82, 2.24) is 4.90 Å². The van der Waals surface area contributed by atoms with Gasteiger partial charge in [0.25, 0.3) is 5.91 Å². The van der Waals surface area contributed by atoms with Crippen molar-refractivity contribution in [2.45, 2.75) is 6.04 Å². The SMILES string of the molecule is O=C1CN(C(=O)c2ccc(Br)cc2)C(c2ccc(F)cc2)c2cc(Br)ccc2N1. The molecular weight excluding hydrogens is 503 g/mol. The molecule has 4 rings (SSSR count). The molecule has 4 nitrogen and oxygen atoms in total. The molecule has 0 saturated carbocycles. The number of carbonyl (C=O) groups is 2. The maximum Gasteiger partial charge on any atom is 0.255 e. The Morgan fingerprint density at radius 3 is 2.31 bits per heavy atom. The number of nitrogens with zero attached hydrogens (tertiary/aromatic N) is 1. The normalized spacial score (nSPS) is 16.0. The van der Waals surface area contributed by atoms with Crippen LogP contribution < -0.4 is 5.32 Å². The Balaban J connectivity index is 1.88. The molecule has 1 atom stereocenters. The number of halogens is 3. The van der Waals surface area contributed by atoms with Gasteiger partial charge in [-0.15, -0.1) is 0 Å². The van der Waals surface area contributed by atoms with Gasteiger partial charge in [0.1, 0.15) is 12.4 Å². The molecule has 146 valence electrons. The summed E-state index contributed by atoms with van der Waals surface area (Å²) in [7, 11) is 0. The molecular formula is C22H15Br2FN2O2. The third-order valence-electron chi connectivity index (χ3n) is 4.75. The van der Waals surface area contributed by atoms with Crippen molar-refractivity contribution in [3.63, 3.8) is 0 Å². The van der Waals surface area contributed by atoms with Gasteiger partial charge in [0, 0.05) is 25.8 Å². The Morgan fingerprint density at radius 1 is 0.966 bits per heavy atom. The molecule has 0 aromatic heterocycles. The van der Waals surface area contributed by atoms with Gasteiger partial charge in [0.2, 0.25) is 5.91 Å². The zero-order valence-corrected chi connectivity index (χ0v) is 18.2. The Bertz CT molecular complexity index is 1080. The fourth-order valence-corrected chi connectivity index (χ4v) is 4.07. The second-order valence-electron chi connectivity index (χ2n) is 6.67. The fraction of sp³-hybridized carbons (Fsp3) is 0.0909. The van der Waals surface area contributed by atoms with Crippen molar-refractivity contribution < 1.29 is 14.0 Å². The van der Waals surface area contributed by atoms with Crippen LogP contribution in [0.2, 0.25) is 0 Å². The number of nitrogens with one attached hydrogen (secondary N) is 1. The molecule has 1 unspecified atom stereocenters. The molecule has 0 radical (unpaired) electrons. The Morgan fingerprint density at radius 2 is 1.62 bits per heavy atom. The zero-order valence-electron chi connectivity index (χ0n) is 15.0. The topological polar surface area (TPSA) is 49.4 Å². The molecule has 3 aromatic carbocycles. The summed E-state index contributed by atoms with van der Waals surface area (Å²) in [4.78, 5) is 27.5. The first-order valence-electron chi connectivity index (χ1n) is 8.83. The van der Waals surface area contributed by atoms with Crippen molar-refractivity contribution in [2.24, 2.45) is 0 Å². The van der Waals surface area contributed by atoms with Crippen LogP contribution in [0.5, 0.6) is 0 Å². The smallest absolute Gasteiger partial charge is 0.255 e. The van der Waals surface area contributed by atoms with Crippen LogP contribution in [0.3, 0.4) is 0 Å². The first kappa shape index (κ1) is 19.8. The van der Waals surface area contributed by atoms with Gasteiger partial charge in [-0.1, -0.05) is 44.0 Å². The summed E-state index contributed by atoms with van der Waals surface area (Å²) in [6, 6.07) is 17.9. The molecule has 29 heavy (non-hydrogen) atoms. The molecule has 7 heteroatoms. The molecule has 1 aliphatic rings. The van der Waals surface area contributed by atoms with Gasteiger partial charge in [-0.05, 0) is 60.2 Å². The Hall–Kier alpha value is -2.51. The van der Waals surface area contributed by atoms with Crippen LogP contribution in [0.25, 0.3) is 0 Å². The summed E-state index contributed by atoms with van der Waals surface area (Å²) in [6.45, 7) is -0.122. The molecule has 0 aliphatic carbocycles. The number of hydrogen-bond donors (Lipinski definition) is 1. The van der Waals surface area contributed by atoms with Gasteiger partial charge in [-0.25, -0.2) is 4.39 Å². The van der Waals surface area contributed by atoms with Crippen LogP contribution in [0.15, 0.2) is 75.7 Å². The van der Waals surface area contributed by atoms with E-state index in [0.717, 1.165) is 14.5 Å². The van der Waals surface area contributed by atoms with Gasteiger partial charge in [-0.3, -0.25) is 9.59 Å². The lowest BCUT2D eigenvalue weighted by Crippen LogP contribution is -2.39. The summed E-state index contributed by atoms with van der Waals surface area (Å²) in [5.74, 6) is -0.935. The maximum absolute atomic E-state index is 13.6. The van der Waals surface area contributed by atoms with E-state index in [0.29, 0.717) is 16.8 Å². The first-order chi connectivity index (χ1) is 13.9. The average Bonchev–Trinajstić information content (AvgIpc) is 2.84. The van der Waals surface area contributed by atoms with E-state index in [1.807, 2.05) is 12.1 Å². The molecule has 1 heterocycles. The number of carbonyl (C=O) groups excluding carboxylic acids is 2. The van der Waals surface area contributed by atoms with E-state index < -0.39 is 6.04 Å². The maximum atomic E-state index is 13.6. The third kappa shape index (κ3) is 4.11. The minimum absolute atomic E-state index is 0.122. The number of anilines is 1. The predicted molar refractivity (Wildman–Crippen MR) is 116 cm³/mol. The Labute approximate surface area is 184 Å². The summed E-state index contributed by atoms with van der Waals surface area (Å²) in [5.41, 5.74) is 2.56. The fourth-order valence-electron chi connectivity index (χ4n) is 3.43. The van der Waals surface area contributed by atoms with E-state index in [1.165, 1.54) is 17.0 Å². The van der Waals surface area contributed by atoms with Crippen LogP contribution in [0.1, 0.15) is 27.5 Å². The highest BCUT2D eigenvalue weighted by Crippen LogP contribution is 2.38. The van der Waals surface area contributed by atoms with Crippen molar-refractivity contribution in [3.8, 4) is 0 Å². The quantitative estimate of drug-likeness (QED) is 0.485. The monoisotopic (exact) mass is 516 g/mol. The van der Waals surface area contributed by atoms with Gasteiger partial charge in [-0.2, -0.15) is 0 Å². The number of hydrogen-bond acceptors (Lipinski definition) is 2. The third-order valence-corrected chi connectivity index (χ3v) is 5.77. The number of rotatable bonds is 2. The lowest BCUT2D eigenvalue weighted by atomic mass is 9.95.